The molecule has 0 heterocycles. The molecule has 2 heteroatoms. The summed E-state index contributed by atoms with van der Waals surface area (Å²) in [6, 6.07) is 0.749. The van der Waals surface area contributed by atoms with Gasteiger partial charge in [-0.05, 0) is 52.9 Å². The summed E-state index contributed by atoms with van der Waals surface area (Å²) in [5.74, 6) is 0. The average molecular weight is 200 g/mol. The molecule has 1 unspecified atom stereocenters. The maximum atomic E-state index is 3.21. The van der Waals surface area contributed by atoms with Gasteiger partial charge >= 0.3 is 0 Å². The molecule has 1 N–H and O–H groups in total. The number of hydrogen-bond donors (Lipinski definition) is 1. The molecule has 0 bridgehead atoms. The number of rotatable bonds is 9. The lowest BCUT2D eigenvalue weighted by Crippen LogP contribution is -2.35. The van der Waals surface area contributed by atoms with E-state index in [2.05, 4.69) is 31.0 Å². The predicted octanol–water partition coefficient (Wildman–Crippen LogP) is 2.50. The van der Waals surface area contributed by atoms with Crippen molar-refractivity contribution in [1.82, 2.24) is 10.2 Å². The lowest BCUT2D eigenvalue weighted by Gasteiger charge is -2.28. The molecule has 0 saturated heterocycles. The van der Waals surface area contributed by atoms with Crippen LogP contribution in [-0.2, 0) is 0 Å². The van der Waals surface area contributed by atoms with Gasteiger partial charge in [0.15, 0.2) is 0 Å². The van der Waals surface area contributed by atoms with Crippen molar-refractivity contribution in [1.29, 1.82) is 0 Å². The van der Waals surface area contributed by atoms with Crippen LogP contribution in [0, 0.1) is 0 Å². The van der Waals surface area contributed by atoms with E-state index in [0.717, 1.165) is 12.6 Å². The lowest BCUT2D eigenvalue weighted by molar-refractivity contribution is 0.198. The van der Waals surface area contributed by atoms with Crippen molar-refractivity contribution in [3.05, 3.63) is 0 Å². The maximum absolute atomic E-state index is 3.21. The highest BCUT2D eigenvalue weighted by Gasteiger charge is 2.10. The second-order valence-electron chi connectivity index (χ2n) is 4.10. The first-order valence-electron chi connectivity index (χ1n) is 6.14. The summed E-state index contributed by atoms with van der Waals surface area (Å²) in [7, 11) is 2.03. The molecule has 14 heavy (non-hydrogen) atoms. The largest absolute Gasteiger partial charge is 0.320 e. The Kier molecular flexibility index (Phi) is 9.42. The molecular formula is C12H28N2. The summed E-state index contributed by atoms with van der Waals surface area (Å²) >= 11 is 0. The number of nitrogens with one attached hydrogen (secondary N) is 1. The summed E-state index contributed by atoms with van der Waals surface area (Å²) in [6.45, 7) is 10.5. The fourth-order valence-electron chi connectivity index (χ4n) is 1.63. The molecule has 0 saturated carbocycles. The third-order valence-electron chi connectivity index (χ3n) is 2.89. The number of nitrogens with zero attached hydrogens (tertiary/aromatic N) is 1. The van der Waals surface area contributed by atoms with Crippen molar-refractivity contribution in [3.8, 4) is 0 Å². The van der Waals surface area contributed by atoms with Crippen LogP contribution in [0.25, 0.3) is 0 Å². The molecule has 0 aliphatic heterocycles. The minimum Gasteiger partial charge on any atom is -0.320 e. The molecule has 0 aliphatic rings. The van der Waals surface area contributed by atoms with Gasteiger partial charge in [0, 0.05) is 6.04 Å². The van der Waals surface area contributed by atoms with E-state index in [9.17, 15) is 0 Å². The summed E-state index contributed by atoms with van der Waals surface area (Å²) in [6.07, 6.45) is 5.18. The minimum atomic E-state index is 0.749. The van der Waals surface area contributed by atoms with Gasteiger partial charge in [-0.25, -0.2) is 0 Å². The van der Waals surface area contributed by atoms with Crippen LogP contribution in [0.3, 0.4) is 0 Å². The van der Waals surface area contributed by atoms with Gasteiger partial charge in [-0.2, -0.15) is 0 Å². The Morgan fingerprint density at radius 3 is 2.29 bits per heavy atom. The van der Waals surface area contributed by atoms with Crippen LogP contribution in [0.5, 0.6) is 0 Å². The van der Waals surface area contributed by atoms with Crippen molar-refractivity contribution < 1.29 is 0 Å². The molecule has 0 aromatic heterocycles. The molecule has 2 nitrogen and oxygen atoms in total. The van der Waals surface area contributed by atoms with Crippen LogP contribution in [0.1, 0.15) is 46.5 Å². The van der Waals surface area contributed by atoms with Crippen molar-refractivity contribution >= 4 is 0 Å². The Morgan fingerprint density at radius 1 is 1.14 bits per heavy atom. The van der Waals surface area contributed by atoms with Gasteiger partial charge in [-0.1, -0.05) is 20.3 Å². The van der Waals surface area contributed by atoms with E-state index in [1.807, 2.05) is 7.05 Å². The molecular weight excluding hydrogens is 172 g/mol. The first kappa shape index (κ1) is 13.9. The van der Waals surface area contributed by atoms with E-state index in [4.69, 9.17) is 0 Å². The third-order valence-corrected chi connectivity index (χ3v) is 2.89. The van der Waals surface area contributed by atoms with Gasteiger partial charge in [-0.3, -0.25) is 0 Å². The van der Waals surface area contributed by atoms with E-state index in [0.29, 0.717) is 0 Å². The van der Waals surface area contributed by atoms with Crippen molar-refractivity contribution in [3.63, 3.8) is 0 Å². The third kappa shape index (κ3) is 6.39. The molecule has 0 rings (SSSR count). The Hall–Kier alpha value is -0.0800. The van der Waals surface area contributed by atoms with Crippen molar-refractivity contribution in [2.45, 2.75) is 52.5 Å². The predicted molar refractivity (Wildman–Crippen MR) is 64.8 cm³/mol. The first-order valence-corrected chi connectivity index (χ1v) is 6.14. The van der Waals surface area contributed by atoms with E-state index in [1.54, 1.807) is 0 Å². The molecule has 0 aromatic rings. The summed E-state index contributed by atoms with van der Waals surface area (Å²) < 4.78 is 0. The summed E-state index contributed by atoms with van der Waals surface area (Å²) in [5, 5.41) is 3.21. The standard InChI is InChI=1S/C12H28N2/c1-5-7-10-14(12(3)6-2)11-8-9-13-4/h12-13H,5-11H2,1-4H3. The first-order chi connectivity index (χ1) is 6.76. The van der Waals surface area contributed by atoms with Gasteiger partial charge < -0.3 is 10.2 Å². The fraction of sp³-hybridized carbons (Fsp3) is 1.00. The van der Waals surface area contributed by atoms with Gasteiger partial charge in [0.1, 0.15) is 0 Å². The average Bonchev–Trinajstić information content (AvgIpc) is 2.22. The second kappa shape index (κ2) is 9.47. The van der Waals surface area contributed by atoms with Gasteiger partial charge in [-0.15, -0.1) is 0 Å². The maximum Gasteiger partial charge on any atom is 0.00643 e. The minimum absolute atomic E-state index is 0.749. The highest BCUT2D eigenvalue weighted by molar-refractivity contribution is 4.66. The SMILES string of the molecule is CCCCN(CCCNC)C(C)CC. The van der Waals surface area contributed by atoms with Crippen LogP contribution < -0.4 is 5.32 Å². The topological polar surface area (TPSA) is 15.3 Å². The normalized spacial score (nSPS) is 13.5. The molecule has 1 atom stereocenters. The van der Waals surface area contributed by atoms with Crippen LogP contribution >= 0.6 is 0 Å². The zero-order valence-electron chi connectivity index (χ0n) is 10.5. The van der Waals surface area contributed by atoms with Crippen molar-refractivity contribution in [2.75, 3.05) is 26.7 Å². The molecule has 0 amide bonds. The van der Waals surface area contributed by atoms with E-state index in [-0.39, 0.29) is 0 Å². The fourth-order valence-corrected chi connectivity index (χ4v) is 1.63. The summed E-state index contributed by atoms with van der Waals surface area (Å²) in [4.78, 5) is 2.63. The van der Waals surface area contributed by atoms with E-state index < -0.39 is 0 Å². The molecule has 0 spiro atoms. The smallest absolute Gasteiger partial charge is 0.00643 e. The number of unbranched alkanes of at least 4 members (excludes halogenated alkanes) is 1. The Bertz CT molecular complexity index is 115. The van der Waals surface area contributed by atoms with Crippen LogP contribution in [0.15, 0.2) is 0 Å². The molecule has 0 aliphatic carbocycles. The quantitative estimate of drug-likeness (QED) is 0.575. The van der Waals surface area contributed by atoms with E-state index >= 15 is 0 Å². The van der Waals surface area contributed by atoms with Crippen LogP contribution in [0.2, 0.25) is 0 Å². The second-order valence-corrected chi connectivity index (χ2v) is 4.10. The van der Waals surface area contributed by atoms with Crippen LogP contribution in [0.4, 0.5) is 0 Å². The Labute approximate surface area is 90.1 Å². The molecule has 0 fully saturated rings. The molecule has 86 valence electrons. The Morgan fingerprint density at radius 2 is 1.79 bits per heavy atom. The molecule has 0 radical (unpaired) electrons. The van der Waals surface area contributed by atoms with Gasteiger partial charge in [0.2, 0.25) is 0 Å². The highest BCUT2D eigenvalue weighted by Crippen LogP contribution is 2.06. The Balaban J connectivity index is 3.72. The van der Waals surface area contributed by atoms with Gasteiger partial charge in [0.05, 0.1) is 0 Å². The molecule has 0 aromatic carbocycles. The summed E-state index contributed by atoms with van der Waals surface area (Å²) in [5.41, 5.74) is 0. The zero-order chi connectivity index (χ0) is 10.8. The van der Waals surface area contributed by atoms with Crippen LogP contribution in [-0.4, -0.2) is 37.6 Å². The van der Waals surface area contributed by atoms with E-state index in [1.165, 1.54) is 38.8 Å². The van der Waals surface area contributed by atoms with Crippen molar-refractivity contribution in [2.24, 2.45) is 0 Å². The highest BCUT2D eigenvalue weighted by atomic mass is 15.1. The lowest BCUT2D eigenvalue weighted by atomic mass is 10.2. The monoisotopic (exact) mass is 200 g/mol. The zero-order valence-corrected chi connectivity index (χ0v) is 10.5. The number of hydrogen-bond acceptors (Lipinski definition) is 2. The van der Waals surface area contributed by atoms with Gasteiger partial charge in [0.25, 0.3) is 0 Å².